The Morgan fingerprint density at radius 2 is 1.90 bits per heavy atom. The molecule has 2 aromatic rings. The van der Waals surface area contributed by atoms with Crippen molar-refractivity contribution in [2.24, 2.45) is 0 Å². The Morgan fingerprint density at radius 1 is 1.14 bits per heavy atom. The van der Waals surface area contributed by atoms with E-state index in [4.69, 9.17) is 9.47 Å². The van der Waals surface area contributed by atoms with Gasteiger partial charge in [0.05, 0.1) is 20.3 Å². The molecule has 0 saturated heterocycles. The van der Waals surface area contributed by atoms with Gasteiger partial charge in [-0.2, -0.15) is 0 Å². The van der Waals surface area contributed by atoms with Gasteiger partial charge < -0.3 is 9.47 Å². The number of rotatable bonds is 3. The molecule has 1 unspecified atom stereocenters. The number of pyridine rings is 1. The Labute approximate surface area is 123 Å². The van der Waals surface area contributed by atoms with Crippen LogP contribution in [-0.2, 0) is 0 Å². The summed E-state index contributed by atoms with van der Waals surface area (Å²) in [5.74, 6) is 1.14. The first-order valence-corrected chi connectivity index (χ1v) is 6.68. The van der Waals surface area contributed by atoms with Crippen LogP contribution in [-0.4, -0.2) is 25.1 Å². The highest BCUT2D eigenvalue weighted by atomic mass is 16.5. The molecule has 0 radical (unpaired) electrons. The predicted octanol–water partition coefficient (Wildman–Crippen LogP) is 2.82. The van der Waals surface area contributed by atoms with Crippen molar-refractivity contribution >= 4 is 11.6 Å². The third kappa shape index (κ3) is 2.01. The number of carbonyl (C=O) groups is 1. The molecule has 0 spiro atoms. The minimum absolute atomic E-state index is 0.0562. The Balaban J connectivity index is 2.05. The van der Waals surface area contributed by atoms with Crippen molar-refractivity contribution in [2.45, 2.75) is 13.0 Å². The van der Waals surface area contributed by atoms with Crippen LogP contribution in [0, 0.1) is 0 Å². The normalized spacial score (nSPS) is 16.8. The van der Waals surface area contributed by atoms with Crippen LogP contribution in [0.3, 0.4) is 0 Å². The van der Waals surface area contributed by atoms with Crippen molar-refractivity contribution in [3.8, 4) is 11.5 Å². The number of anilines is 1. The summed E-state index contributed by atoms with van der Waals surface area (Å²) in [5.41, 5.74) is 2.22. The standard InChI is InChI=1S/C16H16N2O3/c1-10-12-5-4-8-17-15(12)16(19)18(10)11-6-7-13(20-2)14(9-11)21-3/h4-10H,1-3H3. The van der Waals surface area contributed by atoms with E-state index >= 15 is 0 Å². The molecule has 108 valence electrons. The summed E-state index contributed by atoms with van der Waals surface area (Å²) in [4.78, 5) is 18.5. The van der Waals surface area contributed by atoms with Gasteiger partial charge in [0.15, 0.2) is 11.5 Å². The summed E-state index contributed by atoms with van der Waals surface area (Å²) in [6, 6.07) is 9.18. The van der Waals surface area contributed by atoms with E-state index in [2.05, 4.69) is 4.98 Å². The van der Waals surface area contributed by atoms with Gasteiger partial charge in [-0.1, -0.05) is 6.07 Å². The number of amides is 1. The number of hydrogen-bond acceptors (Lipinski definition) is 4. The lowest BCUT2D eigenvalue weighted by Crippen LogP contribution is -2.26. The smallest absolute Gasteiger partial charge is 0.277 e. The van der Waals surface area contributed by atoms with Crippen LogP contribution in [0.1, 0.15) is 29.0 Å². The highest BCUT2D eigenvalue weighted by Gasteiger charge is 2.36. The molecule has 21 heavy (non-hydrogen) atoms. The molecule has 5 nitrogen and oxygen atoms in total. The zero-order valence-electron chi connectivity index (χ0n) is 12.2. The first kappa shape index (κ1) is 13.4. The average molecular weight is 284 g/mol. The quantitative estimate of drug-likeness (QED) is 0.869. The van der Waals surface area contributed by atoms with Gasteiger partial charge in [-0.3, -0.25) is 14.7 Å². The Morgan fingerprint density at radius 3 is 2.57 bits per heavy atom. The molecule has 0 bridgehead atoms. The molecule has 0 aliphatic carbocycles. The Bertz CT molecular complexity index is 700. The van der Waals surface area contributed by atoms with Crippen molar-refractivity contribution in [1.29, 1.82) is 0 Å². The number of fused-ring (bicyclic) bond motifs is 1. The molecule has 1 amide bonds. The van der Waals surface area contributed by atoms with Gasteiger partial charge >= 0.3 is 0 Å². The molecule has 0 N–H and O–H groups in total. The van der Waals surface area contributed by atoms with E-state index in [1.807, 2.05) is 25.1 Å². The zero-order chi connectivity index (χ0) is 15.0. The van der Waals surface area contributed by atoms with E-state index in [-0.39, 0.29) is 11.9 Å². The average Bonchev–Trinajstić information content (AvgIpc) is 2.78. The summed E-state index contributed by atoms with van der Waals surface area (Å²) in [6.45, 7) is 1.99. The van der Waals surface area contributed by atoms with Crippen molar-refractivity contribution in [3.05, 3.63) is 47.8 Å². The zero-order valence-corrected chi connectivity index (χ0v) is 12.2. The monoisotopic (exact) mass is 284 g/mol. The van der Waals surface area contributed by atoms with Gasteiger partial charge in [0.2, 0.25) is 0 Å². The molecule has 1 aliphatic rings. The maximum absolute atomic E-state index is 12.6. The summed E-state index contributed by atoms with van der Waals surface area (Å²) in [5, 5.41) is 0. The highest BCUT2D eigenvalue weighted by Crippen LogP contribution is 2.39. The second-order valence-corrected chi connectivity index (χ2v) is 4.83. The van der Waals surface area contributed by atoms with Crippen molar-refractivity contribution < 1.29 is 14.3 Å². The van der Waals surface area contributed by atoms with Gasteiger partial charge in [-0.25, -0.2) is 0 Å². The van der Waals surface area contributed by atoms with Crippen molar-refractivity contribution in [1.82, 2.24) is 4.98 Å². The van der Waals surface area contributed by atoms with Gasteiger partial charge in [-0.15, -0.1) is 0 Å². The summed E-state index contributed by atoms with van der Waals surface area (Å²) >= 11 is 0. The lowest BCUT2D eigenvalue weighted by Gasteiger charge is -2.23. The van der Waals surface area contributed by atoms with E-state index in [1.165, 1.54) is 0 Å². The minimum atomic E-state index is -0.0923. The molecule has 0 saturated carbocycles. The van der Waals surface area contributed by atoms with E-state index in [9.17, 15) is 4.79 Å². The maximum atomic E-state index is 12.6. The molecule has 2 heterocycles. The SMILES string of the molecule is COc1ccc(N2C(=O)c3ncccc3C2C)cc1OC. The number of ether oxygens (including phenoxy) is 2. The number of benzene rings is 1. The number of methoxy groups -OCH3 is 2. The Kier molecular flexibility index (Phi) is 3.25. The molecule has 1 aromatic carbocycles. The van der Waals surface area contributed by atoms with Crippen LogP contribution < -0.4 is 14.4 Å². The molecular formula is C16H16N2O3. The van der Waals surface area contributed by atoms with Gasteiger partial charge in [0.1, 0.15) is 5.69 Å². The van der Waals surface area contributed by atoms with Crippen LogP contribution in [0.25, 0.3) is 0 Å². The fraction of sp³-hybridized carbons (Fsp3) is 0.250. The van der Waals surface area contributed by atoms with Crippen molar-refractivity contribution in [3.63, 3.8) is 0 Å². The van der Waals surface area contributed by atoms with Crippen LogP contribution in [0.5, 0.6) is 11.5 Å². The molecule has 0 fully saturated rings. The highest BCUT2D eigenvalue weighted by molar-refractivity contribution is 6.09. The second-order valence-electron chi connectivity index (χ2n) is 4.83. The van der Waals surface area contributed by atoms with E-state index in [1.54, 1.807) is 37.4 Å². The lowest BCUT2D eigenvalue weighted by atomic mass is 10.1. The first-order valence-electron chi connectivity index (χ1n) is 6.68. The molecular weight excluding hydrogens is 268 g/mol. The van der Waals surface area contributed by atoms with Crippen LogP contribution in [0.15, 0.2) is 36.5 Å². The van der Waals surface area contributed by atoms with Gasteiger partial charge in [0.25, 0.3) is 5.91 Å². The third-order valence-electron chi connectivity index (χ3n) is 3.74. The van der Waals surface area contributed by atoms with Crippen LogP contribution >= 0.6 is 0 Å². The largest absolute Gasteiger partial charge is 0.493 e. The fourth-order valence-electron chi connectivity index (χ4n) is 2.68. The number of hydrogen-bond donors (Lipinski definition) is 0. The molecule has 1 aliphatic heterocycles. The first-order chi connectivity index (χ1) is 10.2. The molecule has 5 heteroatoms. The molecule has 3 rings (SSSR count). The number of carbonyl (C=O) groups excluding carboxylic acids is 1. The minimum Gasteiger partial charge on any atom is -0.493 e. The van der Waals surface area contributed by atoms with E-state index in [0.29, 0.717) is 17.2 Å². The number of aromatic nitrogens is 1. The molecule has 1 aromatic heterocycles. The van der Waals surface area contributed by atoms with E-state index in [0.717, 1.165) is 11.3 Å². The van der Waals surface area contributed by atoms with E-state index < -0.39 is 0 Å². The van der Waals surface area contributed by atoms with Gasteiger partial charge in [0, 0.05) is 23.5 Å². The summed E-state index contributed by atoms with van der Waals surface area (Å²) in [6.07, 6.45) is 1.64. The second kappa shape index (κ2) is 5.09. The topological polar surface area (TPSA) is 51.7 Å². The predicted molar refractivity (Wildman–Crippen MR) is 79.0 cm³/mol. The Hall–Kier alpha value is -2.56. The van der Waals surface area contributed by atoms with Crippen LogP contribution in [0.2, 0.25) is 0 Å². The fourth-order valence-corrected chi connectivity index (χ4v) is 2.68. The lowest BCUT2D eigenvalue weighted by molar-refractivity contribution is 0.0988. The molecule has 1 atom stereocenters. The van der Waals surface area contributed by atoms with Crippen LogP contribution in [0.4, 0.5) is 5.69 Å². The summed E-state index contributed by atoms with van der Waals surface area (Å²) in [7, 11) is 3.16. The summed E-state index contributed by atoms with van der Waals surface area (Å²) < 4.78 is 10.5. The van der Waals surface area contributed by atoms with Gasteiger partial charge in [-0.05, 0) is 25.1 Å². The van der Waals surface area contributed by atoms with Crippen molar-refractivity contribution in [2.75, 3.05) is 19.1 Å². The number of nitrogens with zero attached hydrogens (tertiary/aromatic N) is 2. The third-order valence-corrected chi connectivity index (χ3v) is 3.74. The maximum Gasteiger partial charge on any atom is 0.277 e.